The molecule has 1 aromatic carbocycles. The lowest BCUT2D eigenvalue weighted by Crippen LogP contribution is -2.29. The Morgan fingerprint density at radius 1 is 1.28 bits per heavy atom. The first-order valence-corrected chi connectivity index (χ1v) is 6.40. The number of piperidine rings is 1. The highest BCUT2D eigenvalue weighted by Gasteiger charge is 2.10. The van der Waals surface area contributed by atoms with Gasteiger partial charge in [0.25, 0.3) is 0 Å². The molecule has 96 valence electrons. The molecule has 3 heteroatoms. The van der Waals surface area contributed by atoms with Crippen LogP contribution in [0.1, 0.15) is 24.8 Å². The third kappa shape index (κ3) is 3.36. The molecule has 0 N–H and O–H groups in total. The van der Waals surface area contributed by atoms with Crippen molar-refractivity contribution in [2.75, 3.05) is 25.1 Å². The minimum atomic E-state index is -0.321. The van der Waals surface area contributed by atoms with E-state index < -0.39 is 0 Å². The highest BCUT2D eigenvalue weighted by Crippen LogP contribution is 2.21. The normalized spacial score (nSPS) is 15.9. The summed E-state index contributed by atoms with van der Waals surface area (Å²) in [6.07, 6.45) is 7.11. The number of nitrogens with zero attached hydrogens (tertiary/aromatic N) is 1. The number of carbonyl (C=O) groups is 1. The van der Waals surface area contributed by atoms with Crippen LogP contribution in [-0.4, -0.2) is 26.2 Å². The number of esters is 1. The Morgan fingerprint density at radius 2 is 2.06 bits per heavy atom. The van der Waals surface area contributed by atoms with Gasteiger partial charge in [0.15, 0.2) is 0 Å². The molecule has 0 bridgehead atoms. The zero-order valence-corrected chi connectivity index (χ0v) is 10.8. The van der Waals surface area contributed by atoms with Crippen LogP contribution in [0.5, 0.6) is 0 Å². The van der Waals surface area contributed by atoms with E-state index in [-0.39, 0.29) is 5.97 Å². The largest absolute Gasteiger partial charge is 0.466 e. The molecule has 0 unspecified atom stereocenters. The monoisotopic (exact) mass is 245 g/mol. The molecule has 1 aliphatic rings. The summed E-state index contributed by atoms with van der Waals surface area (Å²) in [7, 11) is 1.39. The molecule has 1 aliphatic heterocycles. The molecule has 0 aromatic heterocycles. The van der Waals surface area contributed by atoms with Crippen molar-refractivity contribution in [2.24, 2.45) is 0 Å². The summed E-state index contributed by atoms with van der Waals surface area (Å²) in [6.45, 7) is 2.26. The van der Waals surface area contributed by atoms with Crippen LogP contribution in [0.25, 0.3) is 6.08 Å². The summed E-state index contributed by atoms with van der Waals surface area (Å²) in [5.41, 5.74) is 2.27. The fourth-order valence-electron chi connectivity index (χ4n) is 2.21. The third-order valence-electron chi connectivity index (χ3n) is 3.20. The van der Waals surface area contributed by atoms with E-state index in [1.54, 1.807) is 6.08 Å². The SMILES string of the molecule is COC(=O)C=Cc1cccc(N2CCCCC2)c1. The zero-order valence-electron chi connectivity index (χ0n) is 10.8. The van der Waals surface area contributed by atoms with E-state index in [0.29, 0.717) is 0 Å². The lowest BCUT2D eigenvalue weighted by molar-refractivity contribution is -0.134. The average Bonchev–Trinajstić information content (AvgIpc) is 2.46. The molecule has 0 saturated carbocycles. The van der Waals surface area contributed by atoms with Gasteiger partial charge in [0.2, 0.25) is 0 Å². The van der Waals surface area contributed by atoms with E-state index in [0.717, 1.165) is 18.7 Å². The van der Waals surface area contributed by atoms with Gasteiger partial charge < -0.3 is 9.64 Å². The minimum Gasteiger partial charge on any atom is -0.466 e. The first kappa shape index (κ1) is 12.7. The van der Waals surface area contributed by atoms with Crippen molar-refractivity contribution >= 4 is 17.7 Å². The molecule has 1 heterocycles. The van der Waals surface area contributed by atoms with Crippen molar-refractivity contribution in [3.8, 4) is 0 Å². The van der Waals surface area contributed by atoms with Crippen molar-refractivity contribution in [3.63, 3.8) is 0 Å². The lowest BCUT2D eigenvalue weighted by atomic mass is 10.1. The third-order valence-corrected chi connectivity index (χ3v) is 3.20. The fourth-order valence-corrected chi connectivity index (χ4v) is 2.21. The first-order valence-electron chi connectivity index (χ1n) is 6.40. The van der Waals surface area contributed by atoms with Gasteiger partial charge in [-0.25, -0.2) is 4.79 Å². The number of methoxy groups -OCH3 is 1. The van der Waals surface area contributed by atoms with Crippen molar-refractivity contribution < 1.29 is 9.53 Å². The van der Waals surface area contributed by atoms with Gasteiger partial charge in [-0.1, -0.05) is 12.1 Å². The van der Waals surface area contributed by atoms with E-state index in [2.05, 4.69) is 21.8 Å². The summed E-state index contributed by atoms with van der Waals surface area (Å²) in [4.78, 5) is 13.5. The van der Waals surface area contributed by atoms with Crippen LogP contribution < -0.4 is 4.90 Å². The molecular formula is C15H19NO2. The Kier molecular flexibility index (Phi) is 4.40. The maximum atomic E-state index is 11.1. The predicted octanol–water partition coefficient (Wildman–Crippen LogP) is 2.86. The minimum absolute atomic E-state index is 0.321. The van der Waals surface area contributed by atoms with Crippen LogP contribution in [0.2, 0.25) is 0 Å². The fraction of sp³-hybridized carbons (Fsp3) is 0.400. The summed E-state index contributed by atoms with van der Waals surface area (Å²) < 4.78 is 4.58. The van der Waals surface area contributed by atoms with Crippen molar-refractivity contribution in [2.45, 2.75) is 19.3 Å². The van der Waals surface area contributed by atoms with Gasteiger partial charge >= 0.3 is 5.97 Å². The van der Waals surface area contributed by atoms with Crippen LogP contribution >= 0.6 is 0 Å². The standard InChI is InChI=1S/C15H19NO2/c1-18-15(17)9-8-13-6-5-7-14(12-13)16-10-3-2-4-11-16/h5-9,12H,2-4,10-11H2,1H3. The van der Waals surface area contributed by atoms with Crippen LogP contribution in [-0.2, 0) is 9.53 Å². The molecule has 0 radical (unpaired) electrons. The van der Waals surface area contributed by atoms with E-state index >= 15 is 0 Å². The van der Waals surface area contributed by atoms with Gasteiger partial charge in [0.05, 0.1) is 7.11 Å². The number of ether oxygens (including phenoxy) is 1. The Balaban J connectivity index is 2.09. The predicted molar refractivity (Wildman–Crippen MR) is 73.6 cm³/mol. The smallest absolute Gasteiger partial charge is 0.330 e. The number of benzene rings is 1. The summed E-state index contributed by atoms with van der Waals surface area (Å²) in [5.74, 6) is -0.321. The van der Waals surface area contributed by atoms with Crippen LogP contribution in [0, 0.1) is 0 Å². The van der Waals surface area contributed by atoms with Crippen LogP contribution in [0.4, 0.5) is 5.69 Å². The highest BCUT2D eigenvalue weighted by atomic mass is 16.5. The van der Waals surface area contributed by atoms with Gasteiger partial charge in [-0.3, -0.25) is 0 Å². The summed E-state index contributed by atoms with van der Waals surface area (Å²) >= 11 is 0. The van der Waals surface area contributed by atoms with E-state index in [1.807, 2.05) is 12.1 Å². The Hall–Kier alpha value is -1.77. The summed E-state index contributed by atoms with van der Waals surface area (Å²) in [6, 6.07) is 8.26. The Morgan fingerprint density at radius 3 is 2.78 bits per heavy atom. The van der Waals surface area contributed by atoms with E-state index in [4.69, 9.17) is 0 Å². The molecule has 0 aliphatic carbocycles. The Labute approximate surface area is 108 Å². The number of hydrogen-bond acceptors (Lipinski definition) is 3. The van der Waals surface area contributed by atoms with E-state index in [1.165, 1.54) is 38.1 Å². The van der Waals surface area contributed by atoms with Crippen molar-refractivity contribution in [1.29, 1.82) is 0 Å². The van der Waals surface area contributed by atoms with Crippen LogP contribution in [0.15, 0.2) is 30.3 Å². The topological polar surface area (TPSA) is 29.5 Å². The number of hydrogen-bond donors (Lipinski definition) is 0. The first-order chi connectivity index (χ1) is 8.79. The molecule has 0 spiro atoms. The molecule has 1 aromatic rings. The quantitative estimate of drug-likeness (QED) is 0.606. The molecule has 3 nitrogen and oxygen atoms in total. The number of anilines is 1. The lowest BCUT2D eigenvalue weighted by Gasteiger charge is -2.29. The van der Waals surface area contributed by atoms with Gasteiger partial charge in [0, 0.05) is 24.9 Å². The maximum absolute atomic E-state index is 11.1. The van der Waals surface area contributed by atoms with Gasteiger partial charge in [0.1, 0.15) is 0 Å². The van der Waals surface area contributed by atoms with Gasteiger partial charge in [-0.15, -0.1) is 0 Å². The second-order valence-electron chi connectivity index (χ2n) is 4.50. The molecular weight excluding hydrogens is 226 g/mol. The number of carbonyl (C=O) groups excluding carboxylic acids is 1. The van der Waals surface area contributed by atoms with E-state index in [9.17, 15) is 4.79 Å². The molecule has 1 saturated heterocycles. The Bertz CT molecular complexity index is 434. The van der Waals surface area contributed by atoms with Crippen molar-refractivity contribution in [3.05, 3.63) is 35.9 Å². The molecule has 0 amide bonds. The molecule has 1 fully saturated rings. The molecule has 2 rings (SSSR count). The maximum Gasteiger partial charge on any atom is 0.330 e. The summed E-state index contributed by atoms with van der Waals surface area (Å²) in [5, 5.41) is 0. The van der Waals surface area contributed by atoms with Gasteiger partial charge in [-0.2, -0.15) is 0 Å². The zero-order chi connectivity index (χ0) is 12.8. The van der Waals surface area contributed by atoms with Crippen molar-refractivity contribution in [1.82, 2.24) is 0 Å². The number of rotatable bonds is 3. The van der Waals surface area contributed by atoms with Crippen LogP contribution in [0.3, 0.4) is 0 Å². The second kappa shape index (κ2) is 6.24. The van der Waals surface area contributed by atoms with Gasteiger partial charge in [-0.05, 0) is 43.0 Å². The highest BCUT2D eigenvalue weighted by molar-refractivity contribution is 5.87. The molecule has 18 heavy (non-hydrogen) atoms. The molecule has 0 atom stereocenters. The second-order valence-corrected chi connectivity index (χ2v) is 4.50. The average molecular weight is 245 g/mol.